The third-order valence-corrected chi connectivity index (χ3v) is 4.00. The summed E-state index contributed by atoms with van der Waals surface area (Å²) in [5.74, 6) is 3.23. The highest BCUT2D eigenvalue weighted by molar-refractivity contribution is 8.01. The van der Waals surface area contributed by atoms with Crippen molar-refractivity contribution in [3.63, 3.8) is 0 Å². The number of halogens is 1. The summed E-state index contributed by atoms with van der Waals surface area (Å²) in [6.07, 6.45) is 7.53. The lowest BCUT2D eigenvalue weighted by molar-refractivity contribution is 0.314. The van der Waals surface area contributed by atoms with Gasteiger partial charge in [-0.05, 0) is 37.1 Å². The van der Waals surface area contributed by atoms with Gasteiger partial charge in [0.1, 0.15) is 18.2 Å². The van der Waals surface area contributed by atoms with E-state index in [9.17, 15) is 4.39 Å². The molecule has 0 radical (unpaired) electrons. The quantitative estimate of drug-likeness (QED) is 0.746. The Hall–Kier alpha value is -1.14. The van der Waals surface area contributed by atoms with Crippen LogP contribution >= 0.6 is 11.8 Å². The van der Waals surface area contributed by atoms with E-state index in [0.717, 1.165) is 12.8 Å². The normalized spacial score (nSPS) is 24.0. The lowest BCUT2D eigenvalue weighted by atomic mass is 10.2. The zero-order valence-electron chi connectivity index (χ0n) is 8.86. The Morgan fingerprint density at radius 3 is 2.75 bits per heavy atom. The first-order chi connectivity index (χ1) is 7.78. The molecule has 16 heavy (non-hydrogen) atoms. The van der Waals surface area contributed by atoms with Crippen molar-refractivity contribution in [2.24, 2.45) is 0 Å². The second kappa shape index (κ2) is 5.27. The molecule has 0 N–H and O–H groups in total. The Morgan fingerprint density at radius 1 is 1.38 bits per heavy atom. The largest absolute Gasteiger partial charge is 0.492 e. The van der Waals surface area contributed by atoms with E-state index in [0.29, 0.717) is 22.9 Å². The van der Waals surface area contributed by atoms with Crippen LogP contribution in [0, 0.1) is 18.2 Å². The molecule has 1 heterocycles. The first-order valence-electron chi connectivity index (χ1n) is 5.28. The molecule has 1 aromatic rings. The average molecular weight is 236 g/mol. The van der Waals surface area contributed by atoms with Gasteiger partial charge in [0.05, 0.1) is 5.25 Å². The summed E-state index contributed by atoms with van der Waals surface area (Å²) >= 11 is 1.80. The van der Waals surface area contributed by atoms with E-state index >= 15 is 0 Å². The molecule has 2 rings (SSSR count). The lowest BCUT2D eigenvalue weighted by Crippen LogP contribution is -2.11. The molecule has 0 amide bonds. The van der Waals surface area contributed by atoms with Crippen LogP contribution in [0.15, 0.2) is 24.3 Å². The van der Waals surface area contributed by atoms with Gasteiger partial charge in [-0.15, -0.1) is 18.2 Å². The van der Waals surface area contributed by atoms with Gasteiger partial charge < -0.3 is 4.74 Å². The monoisotopic (exact) mass is 236 g/mol. The number of ether oxygens (including phenoxy) is 1. The summed E-state index contributed by atoms with van der Waals surface area (Å²) in [5, 5.41) is 0.799. The molecular weight excluding hydrogens is 223 g/mol. The van der Waals surface area contributed by atoms with Crippen LogP contribution in [0.3, 0.4) is 0 Å². The van der Waals surface area contributed by atoms with Gasteiger partial charge in [0.15, 0.2) is 0 Å². The molecule has 1 aliphatic rings. The zero-order valence-corrected chi connectivity index (χ0v) is 9.67. The van der Waals surface area contributed by atoms with Gasteiger partial charge in [0.25, 0.3) is 0 Å². The van der Waals surface area contributed by atoms with E-state index in [2.05, 4.69) is 5.92 Å². The summed E-state index contributed by atoms with van der Waals surface area (Å²) in [7, 11) is 0. The van der Waals surface area contributed by atoms with Gasteiger partial charge >= 0.3 is 0 Å². The maximum absolute atomic E-state index is 12.6. The summed E-state index contributed by atoms with van der Waals surface area (Å²) < 4.78 is 18.2. The van der Waals surface area contributed by atoms with Crippen LogP contribution in [0.5, 0.6) is 5.75 Å². The Bertz CT molecular complexity index is 382. The van der Waals surface area contributed by atoms with E-state index in [4.69, 9.17) is 11.2 Å². The number of hydrogen-bond donors (Lipinski definition) is 0. The van der Waals surface area contributed by atoms with Crippen molar-refractivity contribution in [3.05, 3.63) is 30.1 Å². The third kappa shape index (κ3) is 2.93. The molecule has 0 aliphatic carbocycles. The van der Waals surface area contributed by atoms with Crippen molar-refractivity contribution in [2.75, 3.05) is 6.61 Å². The summed E-state index contributed by atoms with van der Waals surface area (Å²) in [6.45, 7) is 0.647. The maximum Gasteiger partial charge on any atom is 0.123 e. The Balaban J connectivity index is 1.80. The molecule has 1 aliphatic heterocycles. The molecule has 3 heteroatoms. The smallest absolute Gasteiger partial charge is 0.123 e. The van der Waals surface area contributed by atoms with Crippen molar-refractivity contribution >= 4 is 11.8 Å². The van der Waals surface area contributed by atoms with Crippen LogP contribution in [0.4, 0.5) is 4.39 Å². The first kappa shape index (κ1) is 11.3. The molecule has 1 aromatic carbocycles. The Morgan fingerprint density at radius 2 is 2.12 bits per heavy atom. The van der Waals surface area contributed by atoms with E-state index in [1.165, 1.54) is 12.1 Å². The first-order valence-corrected chi connectivity index (χ1v) is 6.22. The van der Waals surface area contributed by atoms with Crippen molar-refractivity contribution in [1.82, 2.24) is 0 Å². The van der Waals surface area contributed by atoms with Crippen LogP contribution in [0.2, 0.25) is 0 Å². The Labute approximate surface area is 99.4 Å². The number of hydrogen-bond acceptors (Lipinski definition) is 2. The molecular formula is C13H13FOS. The SMILES string of the molecule is C#CC1CC[C@@H](COc2ccc(F)cc2)S1. The minimum Gasteiger partial charge on any atom is -0.492 e. The van der Waals surface area contributed by atoms with Crippen molar-refractivity contribution < 1.29 is 9.13 Å². The highest BCUT2D eigenvalue weighted by Gasteiger charge is 2.24. The fourth-order valence-corrected chi connectivity index (χ4v) is 2.91. The minimum absolute atomic E-state index is 0.241. The molecule has 0 spiro atoms. The third-order valence-electron chi connectivity index (χ3n) is 2.54. The van der Waals surface area contributed by atoms with E-state index < -0.39 is 0 Å². The molecule has 1 unspecified atom stereocenters. The van der Waals surface area contributed by atoms with Crippen LogP contribution < -0.4 is 4.74 Å². The van der Waals surface area contributed by atoms with Crippen LogP contribution in [-0.4, -0.2) is 17.1 Å². The van der Waals surface area contributed by atoms with Gasteiger partial charge in [0.2, 0.25) is 0 Å². The molecule has 1 saturated heterocycles. The molecule has 1 nitrogen and oxygen atoms in total. The summed E-state index contributed by atoms with van der Waals surface area (Å²) in [6, 6.07) is 6.10. The predicted molar refractivity (Wildman–Crippen MR) is 65.1 cm³/mol. The van der Waals surface area contributed by atoms with Crippen LogP contribution in [0.25, 0.3) is 0 Å². The number of terminal acetylenes is 1. The molecule has 2 atom stereocenters. The number of rotatable bonds is 3. The second-order valence-corrected chi connectivity index (χ2v) is 5.26. The topological polar surface area (TPSA) is 9.23 Å². The van der Waals surface area contributed by atoms with Gasteiger partial charge in [-0.25, -0.2) is 4.39 Å². The van der Waals surface area contributed by atoms with Gasteiger partial charge in [-0.3, -0.25) is 0 Å². The van der Waals surface area contributed by atoms with Gasteiger partial charge in [0, 0.05) is 5.25 Å². The van der Waals surface area contributed by atoms with Crippen molar-refractivity contribution in [1.29, 1.82) is 0 Å². The van der Waals surface area contributed by atoms with Gasteiger partial charge in [-0.2, -0.15) is 0 Å². The number of thioether (sulfide) groups is 1. The molecule has 84 valence electrons. The molecule has 0 aromatic heterocycles. The maximum atomic E-state index is 12.6. The van der Waals surface area contributed by atoms with E-state index in [1.54, 1.807) is 23.9 Å². The molecule has 0 bridgehead atoms. The lowest BCUT2D eigenvalue weighted by Gasteiger charge is -2.11. The molecule has 1 fully saturated rings. The van der Waals surface area contributed by atoms with Crippen LogP contribution in [0.1, 0.15) is 12.8 Å². The Kier molecular flexibility index (Phi) is 3.74. The fraction of sp³-hybridized carbons (Fsp3) is 0.385. The fourth-order valence-electron chi connectivity index (χ4n) is 1.67. The zero-order chi connectivity index (χ0) is 11.4. The van der Waals surface area contributed by atoms with Crippen LogP contribution in [-0.2, 0) is 0 Å². The van der Waals surface area contributed by atoms with Crippen molar-refractivity contribution in [2.45, 2.75) is 23.3 Å². The predicted octanol–water partition coefficient (Wildman–Crippen LogP) is 3.10. The highest BCUT2D eigenvalue weighted by atomic mass is 32.2. The second-order valence-electron chi connectivity index (χ2n) is 3.76. The van der Waals surface area contributed by atoms with Gasteiger partial charge in [-0.1, -0.05) is 5.92 Å². The molecule has 0 saturated carbocycles. The highest BCUT2D eigenvalue weighted by Crippen LogP contribution is 2.33. The minimum atomic E-state index is -0.241. The standard InChI is InChI=1S/C13H13FOS/c1-2-12-7-8-13(16-12)9-15-11-5-3-10(14)4-6-11/h1,3-6,12-13H,7-9H2/t12?,13-/m0/s1. The van der Waals surface area contributed by atoms with Crippen molar-refractivity contribution in [3.8, 4) is 18.1 Å². The van der Waals surface area contributed by atoms with E-state index in [-0.39, 0.29) is 5.82 Å². The summed E-state index contributed by atoms with van der Waals surface area (Å²) in [4.78, 5) is 0. The number of benzene rings is 1. The summed E-state index contributed by atoms with van der Waals surface area (Å²) in [5.41, 5.74) is 0. The van der Waals surface area contributed by atoms with E-state index in [1.807, 2.05) is 0 Å². The average Bonchev–Trinajstić information content (AvgIpc) is 2.76.